The van der Waals surface area contributed by atoms with Gasteiger partial charge in [-0.05, 0) is 90.0 Å². The molecule has 0 radical (unpaired) electrons. The molecule has 0 amide bonds. The second-order valence-electron chi connectivity index (χ2n) is 17.9. The Kier molecular flexibility index (Phi) is 8.43. The zero-order chi connectivity index (χ0) is 45.9. The second kappa shape index (κ2) is 15.2. The quantitative estimate of drug-likeness (QED) is 0.167. The van der Waals surface area contributed by atoms with E-state index in [1.807, 2.05) is 59.9 Å². The Morgan fingerprint density at radius 2 is 0.886 bits per heavy atom. The monoisotopic (exact) mass is 911 g/mol. The van der Waals surface area contributed by atoms with Gasteiger partial charge in [0.2, 0.25) is 0 Å². The van der Waals surface area contributed by atoms with Crippen molar-refractivity contribution in [2.45, 2.75) is 0 Å². The van der Waals surface area contributed by atoms with Crippen molar-refractivity contribution in [3.63, 3.8) is 0 Å². The summed E-state index contributed by atoms with van der Waals surface area (Å²) in [5.41, 5.74) is 13.7. The van der Waals surface area contributed by atoms with Crippen molar-refractivity contribution in [1.82, 2.24) is 24.1 Å². The van der Waals surface area contributed by atoms with Crippen LogP contribution in [0, 0.1) is 0 Å². The van der Waals surface area contributed by atoms with E-state index in [2.05, 4.69) is 185 Å². The summed E-state index contributed by atoms with van der Waals surface area (Å²) in [6.07, 6.45) is 0. The lowest BCUT2D eigenvalue weighted by Gasteiger charge is -2.14. The molecule has 6 nitrogen and oxygen atoms in total. The highest BCUT2D eigenvalue weighted by molar-refractivity contribution is 7.26. The maximum absolute atomic E-state index is 6.27. The number of aromatic nitrogens is 5. The van der Waals surface area contributed by atoms with Gasteiger partial charge < -0.3 is 13.6 Å². The number of para-hydroxylation sites is 3. The van der Waals surface area contributed by atoms with Crippen molar-refractivity contribution in [1.29, 1.82) is 0 Å². The molecule has 15 aromatic rings. The lowest BCUT2D eigenvalue weighted by atomic mass is 10.0. The molecule has 7 heteroatoms. The third-order valence-electron chi connectivity index (χ3n) is 14.0. The van der Waals surface area contributed by atoms with Crippen LogP contribution in [0.2, 0.25) is 0 Å². The molecule has 0 unspecified atom stereocenters. The van der Waals surface area contributed by atoms with Crippen LogP contribution in [0.5, 0.6) is 0 Å². The van der Waals surface area contributed by atoms with Crippen LogP contribution in [0.3, 0.4) is 0 Å². The van der Waals surface area contributed by atoms with Crippen LogP contribution in [-0.4, -0.2) is 24.1 Å². The number of thiophene rings is 1. The van der Waals surface area contributed by atoms with Gasteiger partial charge in [-0.25, -0.2) is 15.0 Å². The number of fused-ring (bicyclic) bond motifs is 12. The van der Waals surface area contributed by atoms with Gasteiger partial charge in [0.15, 0.2) is 17.5 Å². The Morgan fingerprint density at radius 3 is 1.64 bits per heavy atom. The van der Waals surface area contributed by atoms with Gasteiger partial charge in [0.25, 0.3) is 0 Å². The maximum Gasteiger partial charge on any atom is 0.164 e. The summed E-state index contributed by atoms with van der Waals surface area (Å²) in [5, 5.41) is 9.28. The summed E-state index contributed by atoms with van der Waals surface area (Å²) < 4.78 is 13.5. The number of rotatable bonds is 6. The minimum atomic E-state index is 0.637. The topological polar surface area (TPSA) is 61.7 Å². The summed E-state index contributed by atoms with van der Waals surface area (Å²) in [6.45, 7) is 0. The van der Waals surface area contributed by atoms with Crippen molar-refractivity contribution in [3.05, 3.63) is 224 Å². The van der Waals surface area contributed by atoms with E-state index in [1.165, 1.54) is 37.1 Å². The number of hydrogen-bond acceptors (Lipinski definition) is 5. The molecule has 0 fully saturated rings. The molecule has 5 heterocycles. The average molecular weight is 912 g/mol. The van der Waals surface area contributed by atoms with E-state index in [-0.39, 0.29) is 0 Å². The van der Waals surface area contributed by atoms with Crippen LogP contribution >= 0.6 is 11.3 Å². The van der Waals surface area contributed by atoms with Gasteiger partial charge in [-0.2, -0.15) is 0 Å². The number of furan rings is 1. The first-order valence-corrected chi connectivity index (χ1v) is 24.3. The zero-order valence-corrected chi connectivity index (χ0v) is 38.2. The SMILES string of the molecule is c1ccc(-c2nc(-c3ccccc3)nc(-c3ccc(-n4c5ccc(-c6ccc7oc8ccccc8c7c6)cc5c5cc6c(cc54)c4ccccc4n6-c4ccccc4)c4sc5ccccc5c34)n2)cc1. The van der Waals surface area contributed by atoms with Gasteiger partial charge in [0.1, 0.15) is 11.2 Å². The highest BCUT2D eigenvalue weighted by Crippen LogP contribution is 2.47. The number of nitrogens with zero attached hydrogens (tertiary/aromatic N) is 5. The molecular formula is C63H37N5OS. The summed E-state index contributed by atoms with van der Waals surface area (Å²) >= 11 is 1.82. The minimum Gasteiger partial charge on any atom is -0.456 e. The second-order valence-corrected chi connectivity index (χ2v) is 19.0. The average Bonchev–Trinajstić information content (AvgIpc) is 4.18. The Bertz CT molecular complexity index is 4530. The van der Waals surface area contributed by atoms with E-state index in [0.29, 0.717) is 17.5 Å². The molecular weight excluding hydrogens is 875 g/mol. The molecule has 70 heavy (non-hydrogen) atoms. The third kappa shape index (κ3) is 5.89. The van der Waals surface area contributed by atoms with E-state index >= 15 is 0 Å². The number of benzene rings is 10. The molecule has 10 aromatic carbocycles. The lowest BCUT2D eigenvalue weighted by molar-refractivity contribution is 0.669. The molecule has 15 rings (SSSR count). The summed E-state index contributed by atoms with van der Waals surface area (Å²) in [6, 6.07) is 79.8. The van der Waals surface area contributed by atoms with Gasteiger partial charge >= 0.3 is 0 Å². The lowest BCUT2D eigenvalue weighted by Crippen LogP contribution is -2.01. The number of hydrogen-bond donors (Lipinski definition) is 0. The van der Waals surface area contributed by atoms with Crippen molar-refractivity contribution >= 4 is 97.1 Å². The predicted octanol–water partition coefficient (Wildman–Crippen LogP) is 17.0. The van der Waals surface area contributed by atoms with Gasteiger partial charge in [-0.3, -0.25) is 0 Å². The Hall–Kier alpha value is -9.17. The van der Waals surface area contributed by atoms with Gasteiger partial charge in [-0.1, -0.05) is 146 Å². The molecule has 0 spiro atoms. The van der Waals surface area contributed by atoms with E-state index in [9.17, 15) is 0 Å². The first-order valence-electron chi connectivity index (χ1n) is 23.5. The molecule has 0 aliphatic carbocycles. The van der Waals surface area contributed by atoms with E-state index in [1.54, 1.807) is 0 Å². The Morgan fingerprint density at radius 1 is 0.343 bits per heavy atom. The van der Waals surface area contributed by atoms with Crippen LogP contribution in [0.25, 0.3) is 142 Å². The fraction of sp³-hybridized carbons (Fsp3) is 0. The molecule has 326 valence electrons. The smallest absolute Gasteiger partial charge is 0.164 e. The summed E-state index contributed by atoms with van der Waals surface area (Å²) in [5.74, 6) is 1.91. The Labute approximate surface area is 404 Å². The fourth-order valence-electron chi connectivity index (χ4n) is 10.8. The van der Waals surface area contributed by atoms with Gasteiger partial charge in [0, 0.05) is 70.2 Å². The standard InChI is InChI=1S/C63H37N5OS/c1-4-16-38(17-5-1)61-64-62(39-18-6-2-7-19-39)66-63(65-61)46-30-32-53(60-59(46)45-24-12-15-27-58(45)70-60)68-52-31-28-40(41-29-33-57-50(35-41)44-23-11-14-26-56(44)69-57)34-47(52)49-37-54-48(36-55(49)68)43-22-10-13-25-51(43)67(54)42-20-8-3-9-21-42/h1-37H. The third-order valence-corrected chi connectivity index (χ3v) is 15.2. The van der Waals surface area contributed by atoms with Crippen LogP contribution < -0.4 is 0 Å². The minimum absolute atomic E-state index is 0.637. The maximum atomic E-state index is 6.27. The molecule has 0 bridgehead atoms. The van der Waals surface area contributed by atoms with Crippen LogP contribution in [-0.2, 0) is 0 Å². The fourth-order valence-corrected chi connectivity index (χ4v) is 12.0. The van der Waals surface area contributed by atoms with Crippen molar-refractivity contribution < 1.29 is 4.42 Å². The van der Waals surface area contributed by atoms with E-state index in [4.69, 9.17) is 19.4 Å². The molecule has 0 saturated heterocycles. The van der Waals surface area contributed by atoms with E-state index < -0.39 is 0 Å². The molecule has 0 aliphatic heterocycles. The van der Waals surface area contributed by atoms with Crippen molar-refractivity contribution in [3.8, 4) is 56.7 Å². The largest absolute Gasteiger partial charge is 0.456 e. The first-order chi connectivity index (χ1) is 34.7. The van der Waals surface area contributed by atoms with Crippen LogP contribution in [0.1, 0.15) is 0 Å². The molecule has 0 saturated carbocycles. The predicted molar refractivity (Wildman–Crippen MR) is 290 cm³/mol. The summed E-state index contributed by atoms with van der Waals surface area (Å²) in [4.78, 5) is 15.6. The normalized spacial score (nSPS) is 12.0. The molecule has 5 aromatic heterocycles. The van der Waals surface area contributed by atoms with Gasteiger partial charge in [0.05, 0.1) is 32.5 Å². The van der Waals surface area contributed by atoms with Crippen molar-refractivity contribution in [2.75, 3.05) is 0 Å². The molecule has 0 N–H and O–H groups in total. The molecule has 0 atom stereocenters. The highest BCUT2D eigenvalue weighted by atomic mass is 32.1. The van der Waals surface area contributed by atoms with E-state index in [0.717, 1.165) is 87.8 Å². The zero-order valence-electron chi connectivity index (χ0n) is 37.4. The van der Waals surface area contributed by atoms with Crippen LogP contribution in [0.15, 0.2) is 229 Å². The van der Waals surface area contributed by atoms with Crippen LogP contribution in [0.4, 0.5) is 0 Å². The highest BCUT2D eigenvalue weighted by Gasteiger charge is 2.24. The Balaban J connectivity index is 1.03. The molecule has 0 aliphatic rings. The summed E-state index contributed by atoms with van der Waals surface area (Å²) in [7, 11) is 0. The van der Waals surface area contributed by atoms with Crippen molar-refractivity contribution in [2.24, 2.45) is 0 Å². The first kappa shape index (κ1) is 38.9. The van der Waals surface area contributed by atoms with Gasteiger partial charge in [-0.15, -0.1) is 11.3 Å².